The first-order chi connectivity index (χ1) is 10.6. The third-order valence-corrected chi connectivity index (χ3v) is 3.99. The Hall–Kier alpha value is -2.35. The molecule has 3 rings (SSSR count). The number of nitrogens with zero attached hydrogens (tertiary/aromatic N) is 5. The van der Waals surface area contributed by atoms with E-state index in [0.29, 0.717) is 5.82 Å². The highest BCUT2D eigenvalue weighted by Gasteiger charge is 2.28. The van der Waals surface area contributed by atoms with Crippen LogP contribution in [0.2, 0.25) is 0 Å². The van der Waals surface area contributed by atoms with E-state index in [0.717, 1.165) is 38.0 Å². The van der Waals surface area contributed by atoms with Crippen molar-refractivity contribution in [3.63, 3.8) is 0 Å². The lowest BCUT2D eigenvalue weighted by atomic mass is 10.2. The summed E-state index contributed by atoms with van der Waals surface area (Å²) < 4.78 is 0. The van der Waals surface area contributed by atoms with Crippen molar-refractivity contribution in [2.45, 2.75) is 12.6 Å². The summed E-state index contributed by atoms with van der Waals surface area (Å²) in [6.45, 7) is 5.46. The molecule has 1 unspecified atom stereocenters. The van der Waals surface area contributed by atoms with Crippen molar-refractivity contribution in [2.24, 2.45) is 10.7 Å². The molecule has 0 aliphatic carbocycles. The fourth-order valence-corrected chi connectivity index (χ4v) is 2.63. The van der Waals surface area contributed by atoms with E-state index in [1.165, 1.54) is 0 Å². The van der Waals surface area contributed by atoms with E-state index in [-0.39, 0.29) is 0 Å². The van der Waals surface area contributed by atoms with Gasteiger partial charge in [-0.2, -0.15) is 0 Å². The Morgan fingerprint density at radius 3 is 2.59 bits per heavy atom. The summed E-state index contributed by atoms with van der Waals surface area (Å²) in [6.07, 6.45) is 7.09. The Labute approximate surface area is 130 Å². The number of aromatic nitrogens is 2. The predicted octanol–water partition coefficient (Wildman–Crippen LogP) is -0.706. The zero-order valence-corrected chi connectivity index (χ0v) is 13.0. The van der Waals surface area contributed by atoms with E-state index in [1.807, 2.05) is 20.0 Å². The quantitative estimate of drug-likeness (QED) is 0.664. The van der Waals surface area contributed by atoms with Gasteiger partial charge < -0.3 is 20.9 Å². The highest BCUT2D eigenvalue weighted by atomic mass is 15.4. The van der Waals surface area contributed by atoms with E-state index in [1.54, 1.807) is 18.6 Å². The van der Waals surface area contributed by atoms with Crippen LogP contribution in [0, 0.1) is 0 Å². The highest BCUT2D eigenvalue weighted by Crippen LogP contribution is 2.16. The van der Waals surface area contributed by atoms with Crippen LogP contribution in [0.5, 0.6) is 0 Å². The van der Waals surface area contributed by atoms with Crippen molar-refractivity contribution >= 4 is 11.8 Å². The summed E-state index contributed by atoms with van der Waals surface area (Å²) >= 11 is 0. The molecular formula is C14H22N8. The second-order valence-corrected chi connectivity index (χ2v) is 5.60. The zero-order valence-electron chi connectivity index (χ0n) is 13.0. The molecule has 8 nitrogen and oxygen atoms in total. The molecule has 0 spiro atoms. The van der Waals surface area contributed by atoms with Crippen molar-refractivity contribution < 1.29 is 0 Å². The molecule has 3 heterocycles. The maximum Gasteiger partial charge on any atom is 0.201 e. The van der Waals surface area contributed by atoms with Gasteiger partial charge in [-0.05, 0) is 20.0 Å². The van der Waals surface area contributed by atoms with E-state index < -0.39 is 5.66 Å². The number of aliphatic imine (C=N–C) groups is 1. The molecule has 2 aliphatic rings. The molecular weight excluding hydrogens is 280 g/mol. The lowest BCUT2D eigenvalue weighted by Crippen LogP contribution is -2.56. The Kier molecular flexibility index (Phi) is 3.84. The molecule has 0 aromatic carbocycles. The molecule has 1 fully saturated rings. The third kappa shape index (κ3) is 2.96. The van der Waals surface area contributed by atoms with Gasteiger partial charge in [0, 0.05) is 38.6 Å². The minimum atomic E-state index is -0.466. The molecule has 1 atom stereocenters. The van der Waals surface area contributed by atoms with E-state index in [9.17, 15) is 0 Å². The van der Waals surface area contributed by atoms with Gasteiger partial charge in [-0.1, -0.05) is 0 Å². The predicted molar refractivity (Wildman–Crippen MR) is 86.1 cm³/mol. The monoisotopic (exact) mass is 302 g/mol. The Bertz CT molecular complexity index is 576. The van der Waals surface area contributed by atoms with E-state index in [2.05, 4.69) is 30.4 Å². The number of hydrogen-bond acceptors (Lipinski definition) is 8. The summed E-state index contributed by atoms with van der Waals surface area (Å²) in [6, 6.07) is 0. The van der Waals surface area contributed by atoms with Gasteiger partial charge in [0.25, 0.3) is 0 Å². The van der Waals surface area contributed by atoms with Crippen molar-refractivity contribution in [1.82, 2.24) is 25.5 Å². The van der Waals surface area contributed by atoms with Crippen LogP contribution in [0.4, 0.5) is 5.82 Å². The second-order valence-electron chi connectivity index (χ2n) is 5.60. The molecule has 118 valence electrons. The van der Waals surface area contributed by atoms with Gasteiger partial charge in [0.2, 0.25) is 5.96 Å². The lowest BCUT2D eigenvalue weighted by molar-refractivity contribution is 0.360. The fraction of sp³-hybridized carbons (Fsp3) is 0.500. The van der Waals surface area contributed by atoms with Crippen LogP contribution in [-0.2, 0) is 0 Å². The molecule has 0 saturated carbocycles. The maximum absolute atomic E-state index is 5.98. The Morgan fingerprint density at radius 1 is 1.23 bits per heavy atom. The summed E-state index contributed by atoms with van der Waals surface area (Å²) in [4.78, 5) is 17.6. The molecule has 8 heteroatoms. The van der Waals surface area contributed by atoms with Crippen molar-refractivity contribution in [2.75, 3.05) is 38.1 Å². The van der Waals surface area contributed by atoms with E-state index in [4.69, 9.17) is 10.7 Å². The number of hydrogen-bond donors (Lipinski definition) is 3. The van der Waals surface area contributed by atoms with Gasteiger partial charge in [-0.3, -0.25) is 10.3 Å². The molecule has 1 saturated heterocycles. The van der Waals surface area contributed by atoms with Gasteiger partial charge in [0.15, 0.2) is 0 Å². The average molecular weight is 302 g/mol. The van der Waals surface area contributed by atoms with Gasteiger partial charge in [0.05, 0.1) is 6.20 Å². The number of anilines is 1. The number of rotatable bonds is 2. The SMILES string of the molecule is CNC1(C)C=C(N)NC(N2CCN(c3cnccn3)CC2)=N1. The van der Waals surface area contributed by atoms with Crippen LogP contribution in [0.25, 0.3) is 0 Å². The topological polar surface area (TPSA) is 94.7 Å². The number of likely N-dealkylation sites (N-methyl/N-ethyl adjacent to an activating group) is 1. The molecule has 0 amide bonds. The van der Waals surface area contributed by atoms with Gasteiger partial charge in [-0.25, -0.2) is 9.98 Å². The van der Waals surface area contributed by atoms with E-state index >= 15 is 0 Å². The van der Waals surface area contributed by atoms with Crippen LogP contribution in [-0.4, -0.2) is 59.7 Å². The van der Waals surface area contributed by atoms with Crippen molar-refractivity contribution in [1.29, 1.82) is 0 Å². The largest absolute Gasteiger partial charge is 0.385 e. The molecule has 0 radical (unpaired) electrons. The van der Waals surface area contributed by atoms with Gasteiger partial charge >= 0.3 is 0 Å². The minimum absolute atomic E-state index is 0.466. The molecule has 22 heavy (non-hydrogen) atoms. The number of guanidine groups is 1. The summed E-state index contributed by atoms with van der Waals surface area (Å²) in [7, 11) is 1.88. The van der Waals surface area contributed by atoms with Crippen LogP contribution >= 0.6 is 0 Å². The molecule has 1 aromatic heterocycles. The number of nitrogens with one attached hydrogen (secondary N) is 2. The first kappa shape index (κ1) is 14.6. The second kappa shape index (κ2) is 5.80. The number of nitrogens with two attached hydrogens (primary N) is 1. The molecule has 1 aromatic rings. The van der Waals surface area contributed by atoms with Crippen LogP contribution < -0.4 is 21.3 Å². The van der Waals surface area contributed by atoms with Crippen LogP contribution in [0.1, 0.15) is 6.92 Å². The van der Waals surface area contributed by atoms with Gasteiger partial charge in [0.1, 0.15) is 17.3 Å². The van der Waals surface area contributed by atoms with Gasteiger partial charge in [-0.15, -0.1) is 0 Å². The summed E-state index contributed by atoms with van der Waals surface area (Å²) in [5, 5.41) is 6.33. The van der Waals surface area contributed by atoms with Crippen LogP contribution in [0.3, 0.4) is 0 Å². The fourth-order valence-electron chi connectivity index (χ4n) is 2.63. The molecule has 0 bridgehead atoms. The lowest BCUT2D eigenvalue weighted by Gasteiger charge is -2.39. The average Bonchev–Trinajstić information content (AvgIpc) is 2.55. The Balaban J connectivity index is 1.67. The molecule has 4 N–H and O–H groups in total. The minimum Gasteiger partial charge on any atom is -0.385 e. The highest BCUT2D eigenvalue weighted by molar-refractivity contribution is 5.83. The van der Waals surface area contributed by atoms with Crippen molar-refractivity contribution in [3.8, 4) is 0 Å². The standard InChI is InChI=1S/C14H22N8/c1-14(16-2)9-11(15)19-13(20-14)22-7-5-21(6-8-22)12-10-17-3-4-18-12/h3-4,9-10,16H,5-8,15H2,1-2H3,(H,19,20). The molecule has 2 aliphatic heterocycles. The maximum atomic E-state index is 5.98. The Morgan fingerprint density at radius 2 is 1.95 bits per heavy atom. The van der Waals surface area contributed by atoms with Crippen molar-refractivity contribution in [3.05, 3.63) is 30.5 Å². The smallest absolute Gasteiger partial charge is 0.201 e. The number of piperazine rings is 1. The zero-order chi connectivity index (χ0) is 15.6. The summed E-state index contributed by atoms with van der Waals surface area (Å²) in [5.41, 5.74) is 5.51. The summed E-state index contributed by atoms with van der Waals surface area (Å²) in [5.74, 6) is 2.36. The van der Waals surface area contributed by atoms with Crippen LogP contribution in [0.15, 0.2) is 35.5 Å². The third-order valence-electron chi connectivity index (χ3n) is 3.99. The first-order valence-corrected chi connectivity index (χ1v) is 7.40. The first-order valence-electron chi connectivity index (χ1n) is 7.40. The normalized spacial score (nSPS) is 25.4.